The molecule has 42 heavy (non-hydrogen) atoms. The first-order chi connectivity index (χ1) is 20.3. The molecule has 0 bridgehead atoms. The van der Waals surface area contributed by atoms with Crippen LogP contribution in [0.5, 0.6) is 0 Å². The second-order valence-electron chi connectivity index (χ2n) is 11.1. The van der Waals surface area contributed by atoms with Gasteiger partial charge in [0.15, 0.2) is 11.5 Å². The van der Waals surface area contributed by atoms with Gasteiger partial charge in [0.1, 0.15) is 10.3 Å². The summed E-state index contributed by atoms with van der Waals surface area (Å²) in [6.45, 7) is 8.87. The lowest BCUT2D eigenvalue weighted by atomic mass is 9.92. The molecule has 1 atom stereocenters. The van der Waals surface area contributed by atoms with Crippen LogP contribution in [0.3, 0.4) is 0 Å². The summed E-state index contributed by atoms with van der Waals surface area (Å²) in [5.41, 5.74) is 7.47. The molecule has 4 aromatic rings. The van der Waals surface area contributed by atoms with Gasteiger partial charge in [-0.2, -0.15) is 0 Å². The number of carbonyl (C=O) groups excluding carboxylic acids is 2. The number of rotatable bonds is 6. The lowest BCUT2D eigenvalue weighted by Crippen LogP contribution is -2.40. The second kappa shape index (κ2) is 11.9. The monoisotopic (exact) mass is 630 g/mol. The fourth-order valence-corrected chi connectivity index (χ4v) is 6.41. The highest BCUT2D eigenvalue weighted by molar-refractivity contribution is 9.10. The van der Waals surface area contributed by atoms with Crippen LogP contribution in [0.4, 0.5) is 11.5 Å². The molecule has 6 rings (SSSR count). The van der Waals surface area contributed by atoms with E-state index in [0.29, 0.717) is 42.1 Å². The number of carbonyl (C=O) groups is 2. The number of aryl methyl sites for hydroxylation is 2. The number of anilines is 2. The van der Waals surface area contributed by atoms with Gasteiger partial charge in [-0.3, -0.25) is 14.0 Å². The molecule has 1 fully saturated rings. The first-order valence-corrected chi connectivity index (χ1v) is 15.3. The predicted molar refractivity (Wildman–Crippen MR) is 167 cm³/mol. The largest absolute Gasteiger partial charge is 0.378 e. The van der Waals surface area contributed by atoms with Gasteiger partial charge in [0.25, 0.3) is 5.91 Å². The van der Waals surface area contributed by atoms with E-state index in [4.69, 9.17) is 9.72 Å². The third-order valence-electron chi connectivity index (χ3n) is 8.23. The SMILES string of the molecule is CC(=O)N1c2ccc(-c3cccc(CCNC(=O)c4nc5c(N6CCOCC6)nc(Br)cn5c4C)c3)cc2CC[C@@H]1C. The maximum atomic E-state index is 13.2. The Hall–Kier alpha value is -3.76. The van der Waals surface area contributed by atoms with Gasteiger partial charge in [0.2, 0.25) is 5.91 Å². The van der Waals surface area contributed by atoms with Gasteiger partial charge >= 0.3 is 0 Å². The Labute approximate surface area is 254 Å². The predicted octanol–water partition coefficient (Wildman–Crippen LogP) is 4.96. The number of fused-ring (bicyclic) bond motifs is 2. The molecule has 2 aliphatic heterocycles. The van der Waals surface area contributed by atoms with E-state index in [1.807, 2.05) is 22.4 Å². The van der Waals surface area contributed by atoms with Crippen LogP contribution in [0, 0.1) is 6.92 Å². The minimum absolute atomic E-state index is 0.0844. The van der Waals surface area contributed by atoms with E-state index < -0.39 is 0 Å². The lowest BCUT2D eigenvalue weighted by Gasteiger charge is -2.34. The zero-order valence-corrected chi connectivity index (χ0v) is 25.8. The summed E-state index contributed by atoms with van der Waals surface area (Å²) >= 11 is 3.52. The Balaban J connectivity index is 1.15. The summed E-state index contributed by atoms with van der Waals surface area (Å²) in [6.07, 6.45) is 4.47. The van der Waals surface area contributed by atoms with E-state index in [1.54, 1.807) is 6.92 Å². The molecule has 9 nitrogen and oxygen atoms in total. The Morgan fingerprint density at radius 3 is 2.67 bits per heavy atom. The van der Waals surface area contributed by atoms with Crippen molar-refractivity contribution in [1.82, 2.24) is 19.7 Å². The third-order valence-corrected chi connectivity index (χ3v) is 8.62. The summed E-state index contributed by atoms with van der Waals surface area (Å²) in [5.74, 6) is 0.633. The molecule has 2 amide bonds. The third kappa shape index (κ3) is 5.53. The summed E-state index contributed by atoms with van der Waals surface area (Å²) in [4.78, 5) is 38.9. The second-order valence-corrected chi connectivity index (χ2v) is 11.9. The standard InChI is InChI=1S/C32H35BrN6O3/c1-20-7-8-26-18-25(9-10-27(26)39(20)22(3)40)24-6-4-5-23(17-24)11-12-34-32(41)29-21(2)38-19-28(33)35-30(31(38)36-29)37-13-15-42-16-14-37/h4-6,9-10,17-20H,7-8,11-16H2,1-3H3,(H,34,41)/t20-/m0/s1. The Morgan fingerprint density at radius 2 is 1.88 bits per heavy atom. The van der Waals surface area contributed by atoms with Crippen LogP contribution in [-0.2, 0) is 22.4 Å². The van der Waals surface area contributed by atoms with Crippen LogP contribution in [0.2, 0.25) is 0 Å². The highest BCUT2D eigenvalue weighted by Gasteiger charge is 2.26. The van der Waals surface area contributed by atoms with Crippen molar-refractivity contribution in [2.75, 3.05) is 42.6 Å². The number of halogens is 1. The van der Waals surface area contributed by atoms with E-state index in [-0.39, 0.29) is 17.9 Å². The van der Waals surface area contributed by atoms with E-state index >= 15 is 0 Å². The number of nitrogens with zero attached hydrogens (tertiary/aromatic N) is 5. The van der Waals surface area contributed by atoms with Crippen LogP contribution >= 0.6 is 15.9 Å². The zero-order chi connectivity index (χ0) is 29.4. The van der Waals surface area contributed by atoms with Crippen LogP contribution < -0.4 is 15.1 Å². The van der Waals surface area contributed by atoms with Gasteiger partial charge in [-0.05, 0) is 83.4 Å². The van der Waals surface area contributed by atoms with Crippen molar-refractivity contribution >= 4 is 44.9 Å². The average molecular weight is 632 g/mol. The molecule has 218 valence electrons. The molecule has 2 aliphatic rings. The van der Waals surface area contributed by atoms with E-state index in [1.165, 1.54) is 5.56 Å². The van der Waals surface area contributed by atoms with Gasteiger partial charge in [0.05, 0.1) is 18.9 Å². The number of imidazole rings is 1. The number of amides is 2. The maximum absolute atomic E-state index is 13.2. The molecule has 10 heteroatoms. The summed E-state index contributed by atoms with van der Waals surface area (Å²) < 4.78 is 8.11. The topological polar surface area (TPSA) is 92.1 Å². The molecule has 2 aromatic carbocycles. The van der Waals surface area contributed by atoms with Crippen molar-refractivity contribution in [1.29, 1.82) is 0 Å². The minimum Gasteiger partial charge on any atom is -0.378 e. The number of aromatic nitrogens is 3. The van der Waals surface area contributed by atoms with Crippen LogP contribution in [-0.4, -0.2) is 65.1 Å². The van der Waals surface area contributed by atoms with Crippen LogP contribution in [0.25, 0.3) is 16.8 Å². The van der Waals surface area contributed by atoms with Gasteiger partial charge in [-0.15, -0.1) is 0 Å². The molecule has 2 aromatic heterocycles. The van der Waals surface area contributed by atoms with Crippen molar-refractivity contribution in [2.45, 2.75) is 46.1 Å². The first-order valence-electron chi connectivity index (χ1n) is 14.5. The molecule has 0 unspecified atom stereocenters. The van der Waals surface area contributed by atoms with Crippen molar-refractivity contribution < 1.29 is 14.3 Å². The maximum Gasteiger partial charge on any atom is 0.271 e. The van der Waals surface area contributed by atoms with Gasteiger partial charge < -0.3 is 19.9 Å². The fraction of sp³-hybridized carbons (Fsp3) is 0.375. The lowest BCUT2D eigenvalue weighted by molar-refractivity contribution is -0.117. The summed E-state index contributed by atoms with van der Waals surface area (Å²) in [6, 6.07) is 15.0. The summed E-state index contributed by atoms with van der Waals surface area (Å²) in [5, 5.41) is 3.06. The number of ether oxygens (including phenoxy) is 1. The van der Waals surface area contributed by atoms with E-state index in [2.05, 4.69) is 80.5 Å². The van der Waals surface area contributed by atoms with Crippen LogP contribution in [0.1, 0.15) is 47.6 Å². The zero-order valence-electron chi connectivity index (χ0n) is 24.2. The number of morpholine rings is 1. The minimum atomic E-state index is -0.199. The Morgan fingerprint density at radius 1 is 1.10 bits per heavy atom. The molecular formula is C32H35BrN6O3. The van der Waals surface area contributed by atoms with Crippen molar-refractivity contribution in [3.63, 3.8) is 0 Å². The van der Waals surface area contributed by atoms with Crippen LogP contribution in [0.15, 0.2) is 53.3 Å². The van der Waals surface area contributed by atoms with Gasteiger partial charge in [0, 0.05) is 44.5 Å². The molecule has 0 radical (unpaired) electrons. The number of hydrogen-bond acceptors (Lipinski definition) is 6. The van der Waals surface area contributed by atoms with Gasteiger partial charge in [-0.25, -0.2) is 9.97 Å². The average Bonchev–Trinajstić information content (AvgIpc) is 3.32. The molecule has 1 N–H and O–H groups in total. The van der Waals surface area contributed by atoms with E-state index in [9.17, 15) is 9.59 Å². The highest BCUT2D eigenvalue weighted by atomic mass is 79.9. The molecule has 0 aliphatic carbocycles. The number of nitrogens with one attached hydrogen (secondary N) is 1. The smallest absolute Gasteiger partial charge is 0.271 e. The Bertz CT molecular complexity index is 1660. The number of benzene rings is 2. The van der Waals surface area contributed by atoms with Gasteiger partial charge in [-0.1, -0.05) is 30.3 Å². The molecule has 4 heterocycles. The quantitative estimate of drug-likeness (QED) is 0.324. The molecule has 0 spiro atoms. The number of hydrogen-bond donors (Lipinski definition) is 1. The molecule has 0 saturated carbocycles. The van der Waals surface area contributed by atoms with Crippen molar-refractivity contribution in [3.8, 4) is 11.1 Å². The van der Waals surface area contributed by atoms with Crippen molar-refractivity contribution in [2.24, 2.45) is 0 Å². The van der Waals surface area contributed by atoms with E-state index in [0.717, 1.165) is 59.8 Å². The molecular weight excluding hydrogens is 596 g/mol. The summed E-state index contributed by atoms with van der Waals surface area (Å²) in [7, 11) is 0. The fourth-order valence-electron chi connectivity index (χ4n) is 6.04. The van der Waals surface area contributed by atoms with Crippen molar-refractivity contribution in [3.05, 3.63) is 75.8 Å². The first kappa shape index (κ1) is 28.4. The normalized spacial score (nSPS) is 16.9. The Kier molecular flexibility index (Phi) is 8.00. The highest BCUT2D eigenvalue weighted by Crippen LogP contribution is 2.34. The molecule has 1 saturated heterocycles.